The van der Waals surface area contributed by atoms with Crippen LogP contribution in [0.15, 0.2) is 24.3 Å². The van der Waals surface area contributed by atoms with Crippen LogP contribution >= 0.6 is 22.6 Å². The highest BCUT2D eigenvalue weighted by atomic mass is 127. The van der Waals surface area contributed by atoms with Crippen molar-refractivity contribution in [1.29, 1.82) is 0 Å². The van der Waals surface area contributed by atoms with Gasteiger partial charge in [0.05, 0.1) is 23.0 Å². The average molecular weight is 485 g/mol. The number of rotatable bonds is 7. The van der Waals surface area contributed by atoms with Gasteiger partial charge in [-0.15, -0.1) is 0 Å². The van der Waals surface area contributed by atoms with Crippen LogP contribution in [0.25, 0.3) is 0 Å². The number of hydrogen-bond donors (Lipinski definition) is 0. The number of benzene rings is 1. The van der Waals surface area contributed by atoms with E-state index in [1.54, 1.807) is 4.90 Å². The molecule has 0 spiro atoms. The van der Waals surface area contributed by atoms with Gasteiger partial charge in [0, 0.05) is 0 Å². The van der Waals surface area contributed by atoms with Crippen molar-refractivity contribution >= 4 is 34.7 Å². The van der Waals surface area contributed by atoms with Gasteiger partial charge in [0.1, 0.15) is 0 Å². The first kappa shape index (κ1) is 20.4. The minimum absolute atomic E-state index is 0.104. The molecule has 1 amide bonds. The van der Waals surface area contributed by atoms with Crippen LogP contribution in [0.1, 0.15) is 73.0 Å². The lowest BCUT2D eigenvalue weighted by Crippen LogP contribution is -2.57. The Morgan fingerprint density at radius 2 is 1.81 bits per heavy atom. The van der Waals surface area contributed by atoms with Crippen molar-refractivity contribution < 1.29 is 19.1 Å². The number of esters is 1. The maximum absolute atomic E-state index is 12.8. The van der Waals surface area contributed by atoms with Crippen LogP contribution in [0.5, 0.6) is 0 Å². The fraction of sp³-hybridized carbons (Fsp3) is 0.619. The Hall–Kier alpha value is -1.31. The maximum Gasteiger partial charge on any atom is 0.412 e. The van der Waals surface area contributed by atoms with Crippen LogP contribution < -0.4 is 0 Å². The number of carbonyl (C=O) groups is 2. The molecule has 1 saturated heterocycles. The first-order valence-corrected chi connectivity index (χ1v) is 11.1. The van der Waals surface area contributed by atoms with Crippen LogP contribution in [0, 0.1) is 5.92 Å². The summed E-state index contributed by atoms with van der Waals surface area (Å²) >= 11 is 2.26. The van der Waals surface area contributed by atoms with Crippen molar-refractivity contribution in [2.75, 3.05) is 7.11 Å². The molecule has 2 heterocycles. The van der Waals surface area contributed by atoms with Crippen LogP contribution in [-0.4, -0.2) is 30.3 Å². The number of nitrogens with zero attached hydrogens (tertiary/aromatic N) is 1. The minimum atomic E-state index is -0.605. The number of halogens is 1. The van der Waals surface area contributed by atoms with Gasteiger partial charge in [0.15, 0.2) is 6.23 Å². The van der Waals surface area contributed by atoms with Gasteiger partial charge in [-0.05, 0) is 17.5 Å². The molecule has 1 aromatic rings. The Bertz CT molecular complexity index is 680. The molecular weight excluding hydrogens is 457 g/mol. The molecule has 2 aliphatic heterocycles. The zero-order chi connectivity index (χ0) is 19.4. The highest BCUT2D eigenvalue weighted by Crippen LogP contribution is 2.51. The molecule has 1 fully saturated rings. The quantitative estimate of drug-likeness (QED) is 0.221. The molecule has 148 valence electrons. The summed E-state index contributed by atoms with van der Waals surface area (Å²) < 4.78 is 10.7. The summed E-state index contributed by atoms with van der Waals surface area (Å²) in [6.07, 6.45) is 6.69. The highest BCUT2D eigenvalue weighted by molar-refractivity contribution is 14.1. The second-order valence-electron chi connectivity index (χ2n) is 7.34. The monoisotopic (exact) mass is 485 g/mol. The van der Waals surface area contributed by atoms with E-state index < -0.39 is 12.3 Å². The first-order valence-electron chi connectivity index (χ1n) is 9.89. The van der Waals surface area contributed by atoms with E-state index >= 15 is 0 Å². The molecule has 0 aromatic heterocycles. The summed E-state index contributed by atoms with van der Waals surface area (Å²) in [5.41, 5.74) is 2.19. The smallest absolute Gasteiger partial charge is 0.412 e. The zero-order valence-corrected chi connectivity index (χ0v) is 18.2. The van der Waals surface area contributed by atoms with Gasteiger partial charge in [-0.2, -0.15) is 0 Å². The number of carbonyl (C=O) groups excluding carboxylic acids is 2. The van der Waals surface area contributed by atoms with Crippen LogP contribution in [0.2, 0.25) is 0 Å². The van der Waals surface area contributed by atoms with E-state index in [1.807, 2.05) is 18.2 Å². The lowest BCUT2D eigenvalue weighted by atomic mass is 9.80. The lowest BCUT2D eigenvalue weighted by Gasteiger charge is -2.50. The van der Waals surface area contributed by atoms with Crippen LogP contribution in [0.3, 0.4) is 0 Å². The maximum atomic E-state index is 12.8. The second-order valence-corrected chi connectivity index (χ2v) is 8.69. The third kappa shape index (κ3) is 4.10. The van der Waals surface area contributed by atoms with Gasteiger partial charge in [0.25, 0.3) is 0 Å². The van der Waals surface area contributed by atoms with Crippen molar-refractivity contribution in [3.05, 3.63) is 35.4 Å². The van der Waals surface area contributed by atoms with Crippen molar-refractivity contribution in [3.63, 3.8) is 0 Å². The molecule has 0 radical (unpaired) electrons. The molecule has 2 bridgehead atoms. The van der Waals surface area contributed by atoms with E-state index in [1.165, 1.54) is 32.8 Å². The summed E-state index contributed by atoms with van der Waals surface area (Å²) in [4.78, 5) is 27.0. The van der Waals surface area contributed by atoms with E-state index in [4.69, 9.17) is 9.47 Å². The zero-order valence-electron chi connectivity index (χ0n) is 16.0. The third-order valence-electron chi connectivity index (χ3n) is 5.61. The fourth-order valence-corrected chi connectivity index (χ4v) is 5.30. The standard InChI is InChI=1S/C21H28INO4/c1-3-4-5-6-7-8-13-16-18-15-12-10-9-11-14(15)17(22)19(27-20(16)24)23(18)21(25)26-2/h9-12,16-19H,3-8,13H2,1-2H3/t16-,17+,18-,19-/m1/s1. The molecule has 0 aliphatic carbocycles. The summed E-state index contributed by atoms with van der Waals surface area (Å²) in [7, 11) is 1.38. The Morgan fingerprint density at radius 3 is 2.52 bits per heavy atom. The van der Waals surface area contributed by atoms with Crippen molar-refractivity contribution in [1.82, 2.24) is 4.90 Å². The van der Waals surface area contributed by atoms with Crippen LogP contribution in [0.4, 0.5) is 4.79 Å². The number of methoxy groups -OCH3 is 1. The molecule has 5 nitrogen and oxygen atoms in total. The van der Waals surface area contributed by atoms with Crippen molar-refractivity contribution in [2.45, 2.75) is 68.1 Å². The SMILES string of the molecule is CCCCCCCC[C@H]1C(=O)O[C@@H]2[C@@H](I)c3ccccc3[C@H]1N2C(=O)OC. The predicted octanol–water partition coefficient (Wildman–Crippen LogP) is 5.54. The average Bonchev–Trinajstić information content (AvgIpc) is 2.69. The Labute approximate surface area is 174 Å². The molecule has 4 atom stereocenters. The third-order valence-corrected chi connectivity index (χ3v) is 6.90. The van der Waals surface area contributed by atoms with E-state index in [9.17, 15) is 9.59 Å². The summed E-state index contributed by atoms with van der Waals surface area (Å²) in [5.74, 6) is -0.522. The molecule has 27 heavy (non-hydrogen) atoms. The number of unbranched alkanes of at least 4 members (excludes halogenated alkanes) is 5. The number of amides is 1. The Balaban J connectivity index is 1.83. The number of ether oxygens (including phenoxy) is 2. The van der Waals surface area contributed by atoms with Gasteiger partial charge in [-0.25, -0.2) is 4.79 Å². The molecule has 0 unspecified atom stereocenters. The van der Waals surface area contributed by atoms with Gasteiger partial charge in [0.2, 0.25) is 0 Å². The van der Waals surface area contributed by atoms with Gasteiger partial charge >= 0.3 is 12.1 Å². The molecule has 1 aromatic carbocycles. The summed E-state index contributed by atoms with van der Waals surface area (Å²) in [6.45, 7) is 2.21. The van der Waals surface area contributed by atoms with Crippen molar-refractivity contribution in [3.8, 4) is 0 Å². The highest BCUT2D eigenvalue weighted by Gasteiger charge is 2.53. The minimum Gasteiger partial charge on any atom is -0.453 e. The number of fused-ring (bicyclic) bond motifs is 4. The molecule has 6 heteroatoms. The molecule has 0 saturated carbocycles. The first-order chi connectivity index (χ1) is 13.1. The van der Waals surface area contributed by atoms with E-state index in [0.29, 0.717) is 0 Å². The topological polar surface area (TPSA) is 55.8 Å². The molecular formula is C21H28INO4. The Morgan fingerprint density at radius 1 is 1.15 bits per heavy atom. The number of alkyl halides is 1. The molecule has 3 rings (SSSR count). The van der Waals surface area contributed by atoms with Gasteiger partial charge in [-0.1, -0.05) is 92.3 Å². The van der Waals surface area contributed by atoms with E-state index in [2.05, 4.69) is 35.6 Å². The normalized spacial score (nSPS) is 26.3. The molecule has 0 N–H and O–H groups in total. The summed E-state index contributed by atoms with van der Waals surface area (Å²) in [5, 5.41) is 0. The van der Waals surface area contributed by atoms with Gasteiger partial charge in [-0.3, -0.25) is 9.69 Å². The van der Waals surface area contributed by atoms with Gasteiger partial charge < -0.3 is 9.47 Å². The number of hydrogen-bond acceptors (Lipinski definition) is 4. The fourth-order valence-electron chi connectivity index (χ4n) is 4.24. The molecule has 2 aliphatic rings. The largest absolute Gasteiger partial charge is 0.453 e. The van der Waals surface area contributed by atoms with E-state index in [0.717, 1.165) is 30.4 Å². The predicted molar refractivity (Wildman–Crippen MR) is 112 cm³/mol. The van der Waals surface area contributed by atoms with Crippen molar-refractivity contribution in [2.24, 2.45) is 5.92 Å². The summed E-state index contributed by atoms with van der Waals surface area (Å²) in [6, 6.07) is 7.77. The second kappa shape index (κ2) is 9.26. The van der Waals surface area contributed by atoms with Crippen LogP contribution in [-0.2, 0) is 14.3 Å². The lowest BCUT2D eigenvalue weighted by molar-refractivity contribution is -0.185. The van der Waals surface area contributed by atoms with E-state index in [-0.39, 0.29) is 21.9 Å². The Kier molecular flexibility index (Phi) is 7.00.